The number of ether oxygens (including phenoxy) is 1. The van der Waals surface area contributed by atoms with Crippen LogP contribution in [-0.2, 0) is 9.53 Å². The van der Waals surface area contributed by atoms with Gasteiger partial charge in [0.1, 0.15) is 6.29 Å². The second-order valence-corrected chi connectivity index (χ2v) is 2.08. The highest BCUT2D eigenvalue weighted by molar-refractivity contribution is 5.51. The number of nitrogens with zero attached hydrogens (tertiary/aromatic N) is 1. The molecule has 0 aromatic carbocycles. The molecule has 0 aliphatic carbocycles. The number of hydrogen-bond acceptors (Lipinski definition) is 3. The van der Waals surface area contributed by atoms with Gasteiger partial charge in [0.25, 0.3) is 0 Å². The average molecular weight is 131 g/mol. The van der Waals surface area contributed by atoms with E-state index in [9.17, 15) is 4.79 Å². The third-order valence-electron chi connectivity index (χ3n) is 1.44. The van der Waals surface area contributed by atoms with Crippen molar-refractivity contribution < 1.29 is 9.53 Å². The summed E-state index contributed by atoms with van der Waals surface area (Å²) in [5.74, 6) is 0. The zero-order valence-electron chi connectivity index (χ0n) is 5.38. The van der Waals surface area contributed by atoms with E-state index in [1.54, 1.807) is 0 Å². The molecule has 0 saturated carbocycles. The lowest BCUT2D eigenvalue weighted by molar-refractivity contribution is -0.109. The van der Waals surface area contributed by atoms with E-state index in [1.165, 1.54) is 0 Å². The number of hydrogen-bond donors (Lipinski definition) is 0. The molecule has 3 heteroatoms. The molecule has 9 heavy (non-hydrogen) atoms. The van der Waals surface area contributed by atoms with Crippen molar-refractivity contribution in [3.8, 4) is 0 Å². The van der Waals surface area contributed by atoms with Gasteiger partial charge in [-0.15, -0.1) is 0 Å². The summed E-state index contributed by atoms with van der Waals surface area (Å²) in [6.45, 7) is 3.91. The topological polar surface area (TPSA) is 29.5 Å². The highest BCUT2D eigenvalue weighted by Gasteiger charge is 2.07. The molecular formula is C6H11NO2. The van der Waals surface area contributed by atoms with E-state index in [-0.39, 0.29) is 0 Å². The van der Waals surface area contributed by atoms with Gasteiger partial charge in [-0.1, -0.05) is 0 Å². The molecule has 0 aromatic heterocycles. The fourth-order valence-electron chi connectivity index (χ4n) is 0.889. The van der Waals surface area contributed by atoms with Crippen LogP contribution in [0.1, 0.15) is 0 Å². The molecule has 0 radical (unpaired) electrons. The third-order valence-corrected chi connectivity index (χ3v) is 1.44. The van der Waals surface area contributed by atoms with Crippen molar-refractivity contribution in [2.75, 3.05) is 32.8 Å². The Morgan fingerprint density at radius 2 is 2.11 bits per heavy atom. The molecule has 0 unspecified atom stereocenters. The van der Waals surface area contributed by atoms with Gasteiger partial charge in [0.05, 0.1) is 19.8 Å². The van der Waals surface area contributed by atoms with Gasteiger partial charge in [-0.25, -0.2) is 0 Å². The van der Waals surface area contributed by atoms with Crippen molar-refractivity contribution in [3.05, 3.63) is 0 Å². The Bertz CT molecular complexity index is 89.1. The fourth-order valence-corrected chi connectivity index (χ4v) is 0.889. The molecule has 1 rings (SSSR count). The Morgan fingerprint density at radius 3 is 2.67 bits per heavy atom. The van der Waals surface area contributed by atoms with Gasteiger partial charge in [0.2, 0.25) is 0 Å². The van der Waals surface area contributed by atoms with Gasteiger partial charge in [-0.2, -0.15) is 0 Å². The molecule has 1 heterocycles. The molecule has 0 N–H and O–H groups in total. The quantitative estimate of drug-likeness (QED) is 0.374. The Balaban J connectivity index is 2.15. The molecule has 52 valence electrons. The van der Waals surface area contributed by atoms with Crippen LogP contribution in [0.25, 0.3) is 0 Å². The van der Waals surface area contributed by atoms with E-state index in [2.05, 4.69) is 4.90 Å². The maximum absolute atomic E-state index is 9.99. The average Bonchev–Trinajstić information content (AvgIpc) is 1.91. The van der Waals surface area contributed by atoms with E-state index >= 15 is 0 Å². The monoisotopic (exact) mass is 131 g/mol. The van der Waals surface area contributed by atoms with E-state index in [0.717, 1.165) is 32.6 Å². The first kappa shape index (κ1) is 6.71. The van der Waals surface area contributed by atoms with Crippen LogP contribution >= 0.6 is 0 Å². The Kier molecular flexibility index (Phi) is 2.67. The maximum Gasteiger partial charge on any atom is 0.133 e. The van der Waals surface area contributed by atoms with Crippen LogP contribution < -0.4 is 0 Å². The van der Waals surface area contributed by atoms with E-state index in [1.807, 2.05) is 0 Å². The summed E-state index contributed by atoms with van der Waals surface area (Å²) in [7, 11) is 0. The smallest absolute Gasteiger partial charge is 0.133 e. The molecule has 3 nitrogen and oxygen atoms in total. The molecule has 0 bridgehead atoms. The third kappa shape index (κ3) is 2.11. The van der Waals surface area contributed by atoms with Crippen molar-refractivity contribution in [2.45, 2.75) is 0 Å². The summed E-state index contributed by atoms with van der Waals surface area (Å²) in [5.41, 5.74) is 0. The lowest BCUT2D eigenvalue weighted by atomic mass is 10.4. The maximum atomic E-state index is 9.99. The molecule has 0 aromatic rings. The minimum Gasteiger partial charge on any atom is -0.379 e. The minimum atomic E-state index is 0.559. The molecule has 1 saturated heterocycles. The highest BCUT2D eigenvalue weighted by atomic mass is 18.3. The zero-order valence-corrected chi connectivity index (χ0v) is 5.38. The van der Waals surface area contributed by atoms with Crippen LogP contribution in [0.3, 0.4) is 0 Å². The fraction of sp³-hybridized carbons (Fsp3) is 0.833. The Labute approximate surface area is 54.6 Å². The minimum absolute atomic E-state index is 0.559. The van der Waals surface area contributed by atoms with E-state index < -0.39 is 0 Å². The molecule has 1 fully saturated rings. The first-order valence-electron chi connectivity index (χ1n) is 3.17. The molecule has 0 spiro atoms. The van der Waals surface area contributed by atoms with Crippen LogP contribution in [0.15, 0.2) is 0 Å². The molecule has 0 amide bonds. The van der Waals surface area contributed by atoms with Crippen LogP contribution in [-0.4, -0.2) is 44.0 Å². The van der Waals surface area contributed by atoms with Crippen molar-refractivity contribution >= 4 is 6.29 Å². The van der Waals surface area contributed by atoms with E-state index in [4.69, 9.17) is 4.74 Å². The number of carbonyl (C=O) groups is 1. The van der Waals surface area contributed by atoms with Crippen LogP contribution in [0.5, 0.6) is 0 Å². The first-order valence-corrected chi connectivity index (χ1v) is 3.17. The summed E-state index contributed by atoms with van der Waals surface area (Å²) in [4.78, 5) is 12.1. The number of aldehydes is 1. The predicted octanol–water partition coefficient (Wildman–Crippen LogP) is -0.482. The standard InChI is InChI=1S/C6H11NO2/c8-4-1-7-2-5-9-6-3-7/h4H,1-3,5-6H2/i9+2. The SMILES string of the molecule is O=CCN1CC[18O]CC1. The Hall–Kier alpha value is -0.410. The lowest BCUT2D eigenvalue weighted by Gasteiger charge is -2.23. The van der Waals surface area contributed by atoms with Gasteiger partial charge >= 0.3 is 0 Å². The highest BCUT2D eigenvalue weighted by Crippen LogP contribution is 1.93. The van der Waals surface area contributed by atoms with Gasteiger partial charge < -0.3 is 9.53 Å². The van der Waals surface area contributed by atoms with Gasteiger partial charge in [0.15, 0.2) is 0 Å². The molecule has 1 aliphatic rings. The predicted molar refractivity (Wildman–Crippen MR) is 33.3 cm³/mol. The summed E-state index contributed by atoms with van der Waals surface area (Å²) in [5, 5.41) is 0. The second-order valence-electron chi connectivity index (χ2n) is 2.08. The van der Waals surface area contributed by atoms with Gasteiger partial charge in [0, 0.05) is 13.1 Å². The van der Waals surface area contributed by atoms with Crippen LogP contribution in [0.4, 0.5) is 0 Å². The van der Waals surface area contributed by atoms with Gasteiger partial charge in [-0.05, 0) is 0 Å². The summed E-state index contributed by atoms with van der Waals surface area (Å²) >= 11 is 0. The second kappa shape index (κ2) is 3.58. The normalized spacial score (nSPS) is 21.8. The van der Waals surface area contributed by atoms with E-state index in [0.29, 0.717) is 6.54 Å². The summed E-state index contributed by atoms with van der Waals surface area (Å²) < 4.78 is 5.09. The lowest BCUT2D eigenvalue weighted by Crippen LogP contribution is -2.37. The molecule has 0 atom stereocenters. The molecular weight excluding hydrogens is 120 g/mol. The van der Waals surface area contributed by atoms with Crippen molar-refractivity contribution in [1.82, 2.24) is 4.90 Å². The number of rotatable bonds is 2. The largest absolute Gasteiger partial charge is 0.379 e. The van der Waals surface area contributed by atoms with Crippen LogP contribution in [0.2, 0.25) is 0 Å². The Morgan fingerprint density at radius 1 is 1.44 bits per heavy atom. The summed E-state index contributed by atoms with van der Waals surface area (Å²) in [6.07, 6.45) is 0.936. The van der Waals surface area contributed by atoms with Crippen molar-refractivity contribution in [1.29, 1.82) is 0 Å². The molecule has 1 aliphatic heterocycles. The summed E-state index contributed by atoms with van der Waals surface area (Å²) in [6, 6.07) is 0. The zero-order chi connectivity index (χ0) is 6.53. The number of carbonyl (C=O) groups excluding carboxylic acids is 1. The first-order chi connectivity index (χ1) is 4.43. The number of morpholine rings is 1. The van der Waals surface area contributed by atoms with Crippen molar-refractivity contribution in [3.63, 3.8) is 0 Å². The van der Waals surface area contributed by atoms with Crippen LogP contribution in [0, 0.1) is 0 Å². The van der Waals surface area contributed by atoms with Crippen molar-refractivity contribution in [2.24, 2.45) is 0 Å². The van der Waals surface area contributed by atoms with Gasteiger partial charge in [-0.3, -0.25) is 4.90 Å².